The van der Waals surface area contributed by atoms with Crippen LogP contribution in [0.25, 0.3) is 0 Å². The first kappa shape index (κ1) is 45.3. The van der Waals surface area contributed by atoms with Crippen LogP contribution < -0.4 is 0 Å². The molecule has 2 bridgehead atoms. The van der Waals surface area contributed by atoms with E-state index in [1.807, 2.05) is 0 Å². The first-order chi connectivity index (χ1) is 29.7. The molecule has 3 aromatic rings. The number of hydrogen-bond donors (Lipinski definition) is 3. The van der Waals surface area contributed by atoms with Gasteiger partial charge < -0.3 is 43.9 Å². The van der Waals surface area contributed by atoms with Crippen LogP contribution in [0.2, 0.25) is 0 Å². The second-order valence-electron chi connectivity index (χ2n) is 17.8. The molecule has 3 aliphatic carbocycles. The van der Waals surface area contributed by atoms with E-state index in [0.29, 0.717) is 11.1 Å². The standard InChI is InChI=1S/C48H53NO14/c1-26-32(61-44(57)37(53)36(29-17-11-8-12-18-29)49(7)42(55)30-19-13-9-14-20-30)24-48(58)41(62-43(56)31-21-15-10-16-22-31)39-46(6,33(52)23-34-47(39,25-59-34)63-28(3)51)40(54)38(60-27(2)50)35(26)45(48,4)5/h8-22,32-34,36-39,41,52-53,58H,23-25H2,1-7H3/t32-,33-,34+,36+,37+,38+,39-,41-,46+,47-,48+/m0/s1. The summed E-state index contributed by atoms with van der Waals surface area (Å²) in [6, 6.07) is 23.2. The van der Waals surface area contributed by atoms with Crippen molar-refractivity contribution >= 4 is 35.6 Å². The van der Waals surface area contributed by atoms with E-state index in [0.717, 1.165) is 13.8 Å². The molecule has 2 saturated carbocycles. The monoisotopic (exact) mass is 867 g/mol. The van der Waals surface area contributed by atoms with Crippen LogP contribution >= 0.6 is 0 Å². The van der Waals surface area contributed by atoms with Crippen LogP contribution in [0.1, 0.15) is 86.7 Å². The van der Waals surface area contributed by atoms with Crippen molar-refractivity contribution in [2.45, 2.75) is 108 Å². The van der Waals surface area contributed by atoms with Crippen molar-refractivity contribution in [2.75, 3.05) is 13.7 Å². The predicted octanol–water partition coefficient (Wildman–Crippen LogP) is 4.08. The molecule has 0 spiro atoms. The number of ether oxygens (including phenoxy) is 5. The van der Waals surface area contributed by atoms with Gasteiger partial charge in [-0.2, -0.15) is 0 Å². The van der Waals surface area contributed by atoms with Gasteiger partial charge in [0.05, 0.1) is 35.6 Å². The fraction of sp³-hybridized carbons (Fsp3) is 0.458. The first-order valence-electron chi connectivity index (χ1n) is 20.9. The molecule has 3 aromatic carbocycles. The van der Waals surface area contributed by atoms with E-state index >= 15 is 4.79 Å². The van der Waals surface area contributed by atoms with E-state index in [9.17, 15) is 39.3 Å². The Labute approximate surface area is 364 Å². The SMILES string of the molecule is CC(=O)O[C@H]1C(=O)[C@@]2(C)[C@H]([C@H](OC(=O)c3ccccc3)[C@]3(O)C[C@H](OC(=O)[C@H](O)[C@@H](c4ccccc4)N(C)C(=O)c4ccccc4)C(C)=C1C3(C)C)[C@]1(OC(C)=O)CO[C@@H]1C[C@@H]2O. The maximum atomic E-state index is 15.5. The van der Waals surface area contributed by atoms with Crippen LogP contribution in [0.3, 0.4) is 0 Å². The first-order valence-corrected chi connectivity index (χ1v) is 20.9. The zero-order valence-corrected chi connectivity index (χ0v) is 36.2. The number of hydrogen-bond acceptors (Lipinski definition) is 14. The van der Waals surface area contributed by atoms with Crippen molar-refractivity contribution in [3.8, 4) is 0 Å². The molecule has 15 nitrogen and oxygen atoms in total. The Bertz CT molecular complexity index is 2320. The van der Waals surface area contributed by atoms with Gasteiger partial charge in [0, 0.05) is 44.7 Å². The number of Topliss-reactive ketones (excluding diaryl/α,β-unsaturated/α-hetero) is 1. The summed E-state index contributed by atoms with van der Waals surface area (Å²) in [7, 11) is 1.44. The van der Waals surface area contributed by atoms with Crippen LogP contribution in [-0.4, -0.2) is 117 Å². The van der Waals surface area contributed by atoms with Gasteiger partial charge in [-0.1, -0.05) is 80.6 Å². The fourth-order valence-corrected chi connectivity index (χ4v) is 10.5. The smallest absolute Gasteiger partial charge is 0.338 e. The topological polar surface area (TPSA) is 212 Å². The Kier molecular flexibility index (Phi) is 12.0. The van der Waals surface area contributed by atoms with E-state index < -0.39 is 113 Å². The van der Waals surface area contributed by atoms with Gasteiger partial charge in [-0.3, -0.25) is 19.2 Å². The molecule has 1 saturated heterocycles. The molecule has 1 aliphatic heterocycles. The Balaban J connectivity index is 1.40. The number of carbonyl (C=O) groups is 6. The number of ketones is 1. The molecule has 0 unspecified atom stereocenters. The molecule has 15 heteroatoms. The largest absolute Gasteiger partial charge is 0.456 e. The van der Waals surface area contributed by atoms with E-state index in [2.05, 4.69) is 0 Å². The average Bonchev–Trinajstić information content (AvgIpc) is 3.25. The summed E-state index contributed by atoms with van der Waals surface area (Å²) in [6.45, 7) is 8.00. The number of fused-ring (bicyclic) bond motifs is 5. The van der Waals surface area contributed by atoms with Gasteiger partial charge in [-0.15, -0.1) is 0 Å². The van der Waals surface area contributed by atoms with Crippen LogP contribution in [0.5, 0.6) is 0 Å². The molecule has 11 atom stereocenters. The predicted molar refractivity (Wildman–Crippen MR) is 222 cm³/mol. The minimum Gasteiger partial charge on any atom is -0.456 e. The molecule has 3 fully saturated rings. The Hall–Kier alpha value is -5.74. The van der Waals surface area contributed by atoms with Gasteiger partial charge in [-0.05, 0) is 54.8 Å². The van der Waals surface area contributed by atoms with Gasteiger partial charge in [0.15, 0.2) is 23.6 Å². The van der Waals surface area contributed by atoms with Crippen molar-refractivity contribution < 1.29 is 67.8 Å². The number of nitrogens with zero attached hydrogens (tertiary/aromatic N) is 1. The summed E-state index contributed by atoms with van der Waals surface area (Å²) < 4.78 is 30.4. The summed E-state index contributed by atoms with van der Waals surface area (Å²) in [5.74, 6) is -6.73. The zero-order valence-electron chi connectivity index (χ0n) is 36.2. The third-order valence-corrected chi connectivity index (χ3v) is 13.9. The van der Waals surface area contributed by atoms with Crippen LogP contribution in [0.15, 0.2) is 102 Å². The summed E-state index contributed by atoms with van der Waals surface area (Å²) in [6.07, 6.45) is -10.5. The number of rotatable bonds is 10. The van der Waals surface area contributed by atoms with Crippen LogP contribution in [0, 0.1) is 16.7 Å². The quantitative estimate of drug-likeness (QED) is 0.149. The highest BCUT2D eigenvalue weighted by Crippen LogP contribution is 2.64. The van der Waals surface area contributed by atoms with E-state index in [1.54, 1.807) is 92.7 Å². The number of amides is 1. The van der Waals surface area contributed by atoms with Crippen molar-refractivity contribution in [3.63, 3.8) is 0 Å². The molecule has 334 valence electrons. The molecule has 0 radical (unpaired) electrons. The van der Waals surface area contributed by atoms with Crippen LogP contribution in [-0.2, 0) is 42.9 Å². The third kappa shape index (κ3) is 7.43. The van der Waals surface area contributed by atoms with Crippen molar-refractivity contribution in [1.82, 2.24) is 4.90 Å². The lowest BCUT2D eigenvalue weighted by Crippen LogP contribution is -2.82. The lowest BCUT2D eigenvalue weighted by molar-refractivity contribution is -0.346. The number of aliphatic hydroxyl groups excluding tert-OH is 2. The average molecular weight is 868 g/mol. The second kappa shape index (κ2) is 16.8. The van der Waals surface area contributed by atoms with Crippen molar-refractivity contribution in [3.05, 3.63) is 119 Å². The number of aliphatic hydroxyl groups is 3. The summed E-state index contributed by atoms with van der Waals surface area (Å²) in [4.78, 5) is 85.3. The molecule has 1 heterocycles. The van der Waals surface area contributed by atoms with E-state index in [-0.39, 0.29) is 29.7 Å². The highest BCUT2D eigenvalue weighted by atomic mass is 16.6. The van der Waals surface area contributed by atoms with Crippen LogP contribution in [0.4, 0.5) is 0 Å². The molecule has 0 aromatic heterocycles. The van der Waals surface area contributed by atoms with Crippen molar-refractivity contribution in [1.29, 1.82) is 0 Å². The molecule has 63 heavy (non-hydrogen) atoms. The van der Waals surface area contributed by atoms with Gasteiger partial charge in [0.2, 0.25) is 0 Å². The highest BCUT2D eigenvalue weighted by Gasteiger charge is 2.78. The number of benzene rings is 3. The highest BCUT2D eigenvalue weighted by molar-refractivity contribution is 5.96. The normalized spacial score (nSPS) is 31.6. The Morgan fingerprint density at radius 1 is 0.825 bits per heavy atom. The molecule has 7 rings (SSSR count). The minimum absolute atomic E-state index is 0.000812. The summed E-state index contributed by atoms with van der Waals surface area (Å²) in [5, 5.41) is 37.8. The Morgan fingerprint density at radius 3 is 1.94 bits per heavy atom. The maximum Gasteiger partial charge on any atom is 0.338 e. The number of likely N-dealkylation sites (N-methyl/N-ethyl adjacent to an activating group) is 1. The Morgan fingerprint density at radius 2 is 1.40 bits per heavy atom. The summed E-state index contributed by atoms with van der Waals surface area (Å²) >= 11 is 0. The second-order valence-corrected chi connectivity index (χ2v) is 17.8. The molecule has 1 amide bonds. The van der Waals surface area contributed by atoms with E-state index in [1.165, 1.54) is 37.9 Å². The third-order valence-electron chi connectivity index (χ3n) is 13.9. The molecule has 3 N–H and O–H groups in total. The van der Waals surface area contributed by atoms with Crippen molar-refractivity contribution in [2.24, 2.45) is 16.7 Å². The summed E-state index contributed by atoms with van der Waals surface area (Å²) in [5.41, 5.74) is -6.94. The van der Waals surface area contributed by atoms with Gasteiger partial charge in [0.25, 0.3) is 5.91 Å². The van der Waals surface area contributed by atoms with E-state index in [4.69, 9.17) is 23.7 Å². The lowest BCUT2D eigenvalue weighted by atomic mass is 9.44. The van der Waals surface area contributed by atoms with Gasteiger partial charge in [-0.25, -0.2) is 9.59 Å². The maximum absolute atomic E-state index is 15.5. The lowest BCUT2D eigenvalue weighted by Gasteiger charge is -2.67. The fourth-order valence-electron chi connectivity index (χ4n) is 10.5. The molecule has 4 aliphatic rings. The zero-order chi connectivity index (χ0) is 45.8. The van der Waals surface area contributed by atoms with Gasteiger partial charge >= 0.3 is 23.9 Å². The minimum atomic E-state index is -2.39. The number of carbonyl (C=O) groups excluding carboxylic acids is 6. The molecular formula is C48H53NO14. The number of esters is 4. The van der Waals surface area contributed by atoms with Gasteiger partial charge in [0.1, 0.15) is 23.9 Å². The molecular weight excluding hydrogens is 815 g/mol.